The third kappa shape index (κ3) is 5.66. The number of hydrogen-bond acceptors (Lipinski definition) is 6. The molecule has 3 amide bonds. The Hall–Kier alpha value is -1.68. The molecule has 1 heterocycles. The Labute approximate surface area is 109 Å². The molecule has 1 fully saturated rings. The lowest BCUT2D eigenvalue weighted by Gasteiger charge is -2.26. The van der Waals surface area contributed by atoms with Crippen LogP contribution in [0.2, 0.25) is 0 Å². The van der Waals surface area contributed by atoms with Gasteiger partial charge in [-0.2, -0.15) is 0 Å². The number of aliphatic carboxylic acids is 1. The van der Waals surface area contributed by atoms with Crippen LogP contribution < -0.4 is 5.32 Å². The number of urea groups is 1. The van der Waals surface area contributed by atoms with Crippen molar-refractivity contribution >= 4 is 27.7 Å². The van der Waals surface area contributed by atoms with Gasteiger partial charge in [-0.1, -0.05) is 0 Å². The Kier molecular flexibility index (Phi) is 5.24. The molecule has 0 saturated carbocycles. The summed E-state index contributed by atoms with van der Waals surface area (Å²) >= 11 is 0. The standard InChI is InChI=1S/C9H14N2O7S/c12-7(5-18-6-8(13)14)10-9(15)11-1-3-19(16,17)4-2-11/h1-6H2,(H,13,14)(H,10,12,15). The van der Waals surface area contributed by atoms with Crippen LogP contribution >= 0.6 is 0 Å². The Morgan fingerprint density at radius 2 is 1.74 bits per heavy atom. The second-order valence-corrected chi connectivity index (χ2v) is 6.18. The zero-order valence-electron chi connectivity index (χ0n) is 9.99. The normalized spacial score (nSPS) is 17.8. The van der Waals surface area contributed by atoms with Gasteiger partial charge in [-0.25, -0.2) is 18.0 Å². The number of imide groups is 1. The molecule has 0 aromatic carbocycles. The maximum absolute atomic E-state index is 11.5. The van der Waals surface area contributed by atoms with E-state index in [-0.39, 0.29) is 24.6 Å². The molecule has 0 aliphatic carbocycles. The number of nitrogens with one attached hydrogen (secondary N) is 1. The first-order chi connectivity index (χ1) is 8.80. The molecule has 1 aliphatic rings. The quantitative estimate of drug-likeness (QED) is 0.616. The molecular formula is C9H14N2O7S. The maximum Gasteiger partial charge on any atom is 0.329 e. The van der Waals surface area contributed by atoms with E-state index in [9.17, 15) is 22.8 Å². The topological polar surface area (TPSA) is 130 Å². The molecule has 0 atom stereocenters. The third-order valence-electron chi connectivity index (χ3n) is 2.34. The molecule has 19 heavy (non-hydrogen) atoms. The van der Waals surface area contributed by atoms with Gasteiger partial charge in [-0.3, -0.25) is 10.1 Å². The highest BCUT2D eigenvalue weighted by Gasteiger charge is 2.25. The number of amides is 3. The molecule has 0 bridgehead atoms. The summed E-state index contributed by atoms with van der Waals surface area (Å²) in [5.74, 6) is -2.27. The fourth-order valence-electron chi connectivity index (χ4n) is 1.38. The van der Waals surface area contributed by atoms with Gasteiger partial charge in [0.15, 0.2) is 9.84 Å². The van der Waals surface area contributed by atoms with Gasteiger partial charge in [0.2, 0.25) is 0 Å². The van der Waals surface area contributed by atoms with E-state index in [2.05, 4.69) is 4.74 Å². The second-order valence-electron chi connectivity index (χ2n) is 3.88. The number of carbonyl (C=O) groups excluding carboxylic acids is 2. The minimum absolute atomic E-state index is 0.0252. The molecule has 1 aliphatic heterocycles. The van der Waals surface area contributed by atoms with E-state index in [0.717, 1.165) is 0 Å². The van der Waals surface area contributed by atoms with Crippen LogP contribution in [-0.2, 0) is 24.2 Å². The summed E-state index contributed by atoms with van der Waals surface area (Å²) in [6.45, 7) is -1.14. The van der Waals surface area contributed by atoms with Crippen molar-refractivity contribution in [2.45, 2.75) is 0 Å². The Morgan fingerprint density at radius 1 is 1.16 bits per heavy atom. The monoisotopic (exact) mass is 294 g/mol. The van der Waals surface area contributed by atoms with Crippen LogP contribution in [0.15, 0.2) is 0 Å². The lowest BCUT2D eigenvalue weighted by molar-refractivity contribution is -0.143. The molecule has 0 aromatic heterocycles. The molecule has 0 aromatic rings. The number of hydrogen-bond donors (Lipinski definition) is 2. The van der Waals surface area contributed by atoms with Crippen molar-refractivity contribution in [2.75, 3.05) is 37.8 Å². The Bertz CT molecular complexity index is 459. The number of carboxylic acid groups (broad SMARTS) is 1. The highest BCUT2D eigenvalue weighted by atomic mass is 32.2. The first-order valence-electron chi connectivity index (χ1n) is 5.39. The summed E-state index contributed by atoms with van der Waals surface area (Å²) in [6.07, 6.45) is 0. The Morgan fingerprint density at radius 3 is 2.26 bits per heavy atom. The Balaban J connectivity index is 2.31. The highest BCUT2D eigenvalue weighted by Crippen LogP contribution is 2.03. The van der Waals surface area contributed by atoms with Gasteiger partial charge < -0.3 is 14.7 Å². The number of carboxylic acids is 1. The average molecular weight is 294 g/mol. The smallest absolute Gasteiger partial charge is 0.329 e. The zero-order valence-corrected chi connectivity index (χ0v) is 10.8. The number of carbonyl (C=O) groups is 3. The molecule has 108 valence electrons. The minimum Gasteiger partial charge on any atom is -0.480 e. The van der Waals surface area contributed by atoms with Gasteiger partial charge in [0.1, 0.15) is 13.2 Å². The molecule has 9 nitrogen and oxygen atoms in total. The summed E-state index contributed by atoms with van der Waals surface area (Å²) in [6, 6.07) is -0.709. The van der Waals surface area contributed by atoms with Gasteiger partial charge >= 0.3 is 12.0 Å². The predicted octanol–water partition coefficient (Wildman–Crippen LogP) is -1.95. The van der Waals surface area contributed by atoms with Crippen molar-refractivity contribution in [2.24, 2.45) is 0 Å². The number of nitrogens with zero attached hydrogens (tertiary/aromatic N) is 1. The maximum atomic E-state index is 11.5. The van der Waals surface area contributed by atoms with Crippen LogP contribution in [0.5, 0.6) is 0 Å². The van der Waals surface area contributed by atoms with Crippen molar-refractivity contribution in [3.8, 4) is 0 Å². The molecule has 10 heteroatoms. The van der Waals surface area contributed by atoms with Crippen LogP contribution in [0, 0.1) is 0 Å². The molecule has 2 N–H and O–H groups in total. The van der Waals surface area contributed by atoms with Gasteiger partial charge in [-0.05, 0) is 0 Å². The van der Waals surface area contributed by atoms with Crippen LogP contribution in [-0.4, -0.2) is 74.1 Å². The van der Waals surface area contributed by atoms with Crippen LogP contribution in [0.1, 0.15) is 0 Å². The molecule has 0 spiro atoms. The first kappa shape index (κ1) is 15.4. The molecule has 1 rings (SSSR count). The van der Waals surface area contributed by atoms with Crippen LogP contribution in [0.4, 0.5) is 4.79 Å². The van der Waals surface area contributed by atoms with Crippen molar-refractivity contribution in [3.05, 3.63) is 0 Å². The fraction of sp³-hybridized carbons (Fsp3) is 0.667. The second kappa shape index (κ2) is 6.48. The zero-order chi connectivity index (χ0) is 14.5. The van der Waals surface area contributed by atoms with Gasteiger partial charge in [0.05, 0.1) is 11.5 Å². The predicted molar refractivity (Wildman–Crippen MR) is 62.2 cm³/mol. The minimum atomic E-state index is -3.10. The van der Waals surface area contributed by atoms with E-state index in [1.54, 1.807) is 0 Å². The SMILES string of the molecule is O=C(O)COCC(=O)NC(=O)N1CCS(=O)(=O)CC1. The molecular weight excluding hydrogens is 280 g/mol. The summed E-state index contributed by atoms with van der Waals surface area (Å²) in [7, 11) is -3.10. The van der Waals surface area contributed by atoms with Gasteiger partial charge in [0.25, 0.3) is 5.91 Å². The largest absolute Gasteiger partial charge is 0.480 e. The van der Waals surface area contributed by atoms with Crippen molar-refractivity contribution in [1.29, 1.82) is 0 Å². The van der Waals surface area contributed by atoms with E-state index >= 15 is 0 Å². The van der Waals surface area contributed by atoms with Gasteiger partial charge in [0, 0.05) is 13.1 Å². The third-order valence-corrected chi connectivity index (χ3v) is 3.95. The highest BCUT2D eigenvalue weighted by molar-refractivity contribution is 7.91. The van der Waals surface area contributed by atoms with Gasteiger partial charge in [-0.15, -0.1) is 0 Å². The van der Waals surface area contributed by atoms with Crippen molar-refractivity contribution in [1.82, 2.24) is 10.2 Å². The number of rotatable bonds is 4. The first-order valence-corrected chi connectivity index (χ1v) is 7.21. The molecule has 1 saturated heterocycles. The van der Waals surface area contributed by atoms with E-state index in [4.69, 9.17) is 5.11 Å². The van der Waals surface area contributed by atoms with Crippen LogP contribution in [0.3, 0.4) is 0 Å². The van der Waals surface area contributed by atoms with Crippen molar-refractivity contribution < 1.29 is 32.6 Å². The summed E-state index contributed by atoms with van der Waals surface area (Å²) in [4.78, 5) is 34.1. The fourth-order valence-corrected chi connectivity index (χ4v) is 2.58. The lowest BCUT2D eigenvalue weighted by Crippen LogP contribution is -2.50. The van der Waals surface area contributed by atoms with E-state index < -0.39 is 41.0 Å². The van der Waals surface area contributed by atoms with Crippen molar-refractivity contribution in [3.63, 3.8) is 0 Å². The van der Waals surface area contributed by atoms with E-state index in [0.29, 0.717) is 0 Å². The number of ether oxygens (including phenoxy) is 1. The molecule has 0 radical (unpaired) electrons. The van der Waals surface area contributed by atoms with E-state index in [1.807, 2.05) is 5.32 Å². The summed E-state index contributed by atoms with van der Waals surface area (Å²) < 4.78 is 26.8. The summed E-state index contributed by atoms with van der Waals surface area (Å²) in [5.41, 5.74) is 0. The molecule has 0 unspecified atom stereocenters. The van der Waals surface area contributed by atoms with E-state index in [1.165, 1.54) is 4.90 Å². The average Bonchev–Trinajstić information content (AvgIpc) is 2.27. The van der Waals surface area contributed by atoms with Crippen LogP contribution in [0.25, 0.3) is 0 Å². The summed E-state index contributed by atoms with van der Waals surface area (Å²) in [5, 5.41) is 10.3. The lowest BCUT2D eigenvalue weighted by atomic mass is 10.5. The number of sulfone groups is 1.